The summed E-state index contributed by atoms with van der Waals surface area (Å²) in [4.78, 5) is 13.9. The van der Waals surface area contributed by atoms with E-state index in [2.05, 4.69) is 5.32 Å². The van der Waals surface area contributed by atoms with Crippen molar-refractivity contribution < 1.29 is 13.9 Å². The molecule has 0 saturated carbocycles. The molecule has 1 N–H and O–H groups in total. The molecule has 5 heteroatoms. The number of hydrogen-bond donors (Lipinski definition) is 1. The predicted octanol–water partition coefficient (Wildman–Crippen LogP) is 1.59. The van der Waals surface area contributed by atoms with Crippen LogP contribution in [0.5, 0.6) is 5.75 Å². The van der Waals surface area contributed by atoms with Crippen molar-refractivity contribution in [2.45, 2.75) is 25.3 Å². The molecule has 1 heterocycles. The van der Waals surface area contributed by atoms with Crippen molar-refractivity contribution in [3.63, 3.8) is 0 Å². The van der Waals surface area contributed by atoms with Gasteiger partial charge in [0.25, 0.3) is 0 Å². The smallest absolute Gasteiger partial charge is 0.222 e. The first kappa shape index (κ1) is 14.8. The van der Waals surface area contributed by atoms with E-state index >= 15 is 0 Å². The Morgan fingerprint density at radius 2 is 2.35 bits per heavy atom. The van der Waals surface area contributed by atoms with Crippen LogP contribution in [0.3, 0.4) is 0 Å². The Hall–Kier alpha value is -1.62. The zero-order chi connectivity index (χ0) is 14.5. The number of aryl methyl sites for hydroxylation is 1. The zero-order valence-electron chi connectivity index (χ0n) is 12.0. The van der Waals surface area contributed by atoms with E-state index in [-0.39, 0.29) is 23.5 Å². The summed E-state index contributed by atoms with van der Waals surface area (Å²) in [7, 11) is 3.28. The van der Waals surface area contributed by atoms with Crippen molar-refractivity contribution in [3.05, 3.63) is 29.6 Å². The van der Waals surface area contributed by atoms with Crippen molar-refractivity contribution in [2.75, 3.05) is 27.2 Å². The van der Waals surface area contributed by atoms with Crippen molar-refractivity contribution in [1.82, 2.24) is 10.2 Å². The molecule has 0 unspecified atom stereocenters. The average Bonchev–Trinajstić information content (AvgIpc) is 2.98. The third-order valence-corrected chi connectivity index (χ3v) is 3.82. The Morgan fingerprint density at radius 3 is 2.95 bits per heavy atom. The largest absolute Gasteiger partial charge is 0.494 e. The van der Waals surface area contributed by atoms with E-state index in [0.29, 0.717) is 12.8 Å². The molecule has 1 aromatic carbocycles. The molecule has 0 bridgehead atoms. The second-order valence-corrected chi connectivity index (χ2v) is 5.12. The van der Waals surface area contributed by atoms with Gasteiger partial charge in [0.1, 0.15) is 0 Å². The zero-order valence-corrected chi connectivity index (χ0v) is 12.0. The van der Waals surface area contributed by atoms with Gasteiger partial charge in [0.15, 0.2) is 11.6 Å². The number of methoxy groups -OCH3 is 1. The Bertz CT molecular complexity index is 473. The lowest BCUT2D eigenvalue weighted by molar-refractivity contribution is -0.131. The minimum atomic E-state index is -0.384. The van der Waals surface area contributed by atoms with Gasteiger partial charge >= 0.3 is 0 Å². The molecule has 1 aliphatic heterocycles. The average molecular weight is 280 g/mol. The number of amides is 1. The van der Waals surface area contributed by atoms with Crippen molar-refractivity contribution in [2.24, 2.45) is 0 Å². The fourth-order valence-electron chi connectivity index (χ4n) is 2.47. The van der Waals surface area contributed by atoms with E-state index in [1.54, 1.807) is 17.0 Å². The van der Waals surface area contributed by atoms with E-state index in [1.165, 1.54) is 13.2 Å². The van der Waals surface area contributed by atoms with Crippen molar-refractivity contribution >= 4 is 5.91 Å². The lowest BCUT2D eigenvalue weighted by Crippen LogP contribution is -2.38. The second-order valence-electron chi connectivity index (χ2n) is 5.12. The predicted molar refractivity (Wildman–Crippen MR) is 75.3 cm³/mol. The van der Waals surface area contributed by atoms with Crippen LogP contribution in [0.1, 0.15) is 18.4 Å². The van der Waals surface area contributed by atoms with Crippen LogP contribution in [0.4, 0.5) is 4.39 Å². The summed E-state index contributed by atoms with van der Waals surface area (Å²) in [6, 6.07) is 5.12. The number of rotatable bonds is 5. The quantitative estimate of drug-likeness (QED) is 0.890. The Labute approximate surface area is 118 Å². The normalized spacial score (nSPS) is 18.1. The topological polar surface area (TPSA) is 41.6 Å². The highest BCUT2D eigenvalue weighted by molar-refractivity contribution is 5.76. The second kappa shape index (κ2) is 6.70. The fraction of sp³-hybridized carbons (Fsp3) is 0.533. The number of halogens is 1. The SMILES string of the molecule is COc1ccc(CCC(=O)N(C)[C@H]2CCNC2)cc1F. The lowest BCUT2D eigenvalue weighted by Gasteiger charge is -2.23. The minimum absolute atomic E-state index is 0.106. The fourth-order valence-corrected chi connectivity index (χ4v) is 2.47. The monoisotopic (exact) mass is 280 g/mol. The Balaban J connectivity index is 1.88. The van der Waals surface area contributed by atoms with Gasteiger partial charge in [-0.1, -0.05) is 6.07 Å². The summed E-state index contributed by atoms with van der Waals surface area (Å²) in [6.45, 7) is 1.82. The summed E-state index contributed by atoms with van der Waals surface area (Å²) >= 11 is 0. The van der Waals surface area contributed by atoms with E-state index < -0.39 is 0 Å². The number of likely N-dealkylation sites (N-methyl/N-ethyl adjacent to an activating group) is 1. The molecule has 0 aliphatic carbocycles. The molecule has 2 rings (SSSR count). The molecule has 0 radical (unpaired) electrons. The standard InChI is InChI=1S/C15H21FN2O2/c1-18(12-7-8-17-10-12)15(19)6-4-11-3-5-14(20-2)13(16)9-11/h3,5,9,12,17H,4,6-8,10H2,1-2H3/t12-/m0/s1. The van der Waals surface area contributed by atoms with Gasteiger partial charge in [-0.05, 0) is 37.1 Å². The molecule has 0 aromatic heterocycles. The molecular formula is C15H21FN2O2. The third kappa shape index (κ3) is 3.48. The molecule has 20 heavy (non-hydrogen) atoms. The van der Waals surface area contributed by atoms with E-state index in [0.717, 1.165) is 25.1 Å². The number of benzene rings is 1. The highest BCUT2D eigenvalue weighted by atomic mass is 19.1. The van der Waals surface area contributed by atoms with Crippen molar-refractivity contribution in [3.8, 4) is 5.75 Å². The number of ether oxygens (including phenoxy) is 1. The maximum Gasteiger partial charge on any atom is 0.222 e. The van der Waals surface area contributed by atoms with Crippen LogP contribution in [0.2, 0.25) is 0 Å². The van der Waals surface area contributed by atoms with Gasteiger partial charge in [0.05, 0.1) is 7.11 Å². The van der Waals surface area contributed by atoms with E-state index in [4.69, 9.17) is 4.74 Å². The molecule has 1 amide bonds. The van der Waals surface area contributed by atoms with Crippen LogP contribution in [0, 0.1) is 5.82 Å². The Morgan fingerprint density at radius 1 is 1.55 bits per heavy atom. The van der Waals surface area contributed by atoms with Crippen LogP contribution in [-0.4, -0.2) is 44.1 Å². The Kier molecular flexibility index (Phi) is 4.95. The van der Waals surface area contributed by atoms with Gasteiger partial charge in [-0.15, -0.1) is 0 Å². The maximum atomic E-state index is 13.6. The van der Waals surface area contributed by atoms with Crippen molar-refractivity contribution in [1.29, 1.82) is 0 Å². The number of hydrogen-bond acceptors (Lipinski definition) is 3. The molecule has 4 nitrogen and oxygen atoms in total. The molecule has 1 aromatic rings. The number of nitrogens with zero attached hydrogens (tertiary/aromatic N) is 1. The first-order valence-corrected chi connectivity index (χ1v) is 6.90. The van der Waals surface area contributed by atoms with Gasteiger partial charge in [-0.2, -0.15) is 0 Å². The number of nitrogens with one attached hydrogen (secondary N) is 1. The van der Waals surface area contributed by atoms with Gasteiger partial charge in [0.2, 0.25) is 5.91 Å². The lowest BCUT2D eigenvalue weighted by atomic mass is 10.1. The molecule has 1 fully saturated rings. The number of carbonyl (C=O) groups is 1. The van der Waals surface area contributed by atoms with Crippen LogP contribution < -0.4 is 10.1 Å². The van der Waals surface area contributed by atoms with Crippen LogP contribution in [-0.2, 0) is 11.2 Å². The van der Waals surface area contributed by atoms with E-state index in [9.17, 15) is 9.18 Å². The highest BCUT2D eigenvalue weighted by Gasteiger charge is 2.22. The molecule has 0 spiro atoms. The summed E-state index contributed by atoms with van der Waals surface area (Å²) in [5.41, 5.74) is 0.814. The van der Waals surface area contributed by atoms with Crippen LogP contribution >= 0.6 is 0 Å². The maximum absolute atomic E-state index is 13.6. The van der Waals surface area contributed by atoms with E-state index in [1.807, 2.05) is 7.05 Å². The van der Waals surface area contributed by atoms with Crippen LogP contribution in [0.25, 0.3) is 0 Å². The third-order valence-electron chi connectivity index (χ3n) is 3.82. The molecule has 1 saturated heterocycles. The number of carbonyl (C=O) groups excluding carboxylic acids is 1. The summed E-state index contributed by atoms with van der Waals surface area (Å²) in [6.07, 6.45) is 1.95. The van der Waals surface area contributed by atoms with Gasteiger partial charge in [-0.25, -0.2) is 4.39 Å². The highest BCUT2D eigenvalue weighted by Crippen LogP contribution is 2.19. The van der Waals surface area contributed by atoms with Gasteiger partial charge < -0.3 is 15.0 Å². The first-order chi connectivity index (χ1) is 9.61. The molecule has 1 atom stereocenters. The summed E-state index contributed by atoms with van der Waals surface area (Å²) in [5, 5.41) is 3.24. The van der Waals surface area contributed by atoms with Gasteiger partial charge in [-0.3, -0.25) is 4.79 Å². The first-order valence-electron chi connectivity index (χ1n) is 6.90. The molecule has 1 aliphatic rings. The minimum Gasteiger partial charge on any atom is -0.494 e. The summed E-state index contributed by atoms with van der Waals surface area (Å²) < 4.78 is 18.4. The van der Waals surface area contributed by atoms with Crippen LogP contribution in [0.15, 0.2) is 18.2 Å². The summed E-state index contributed by atoms with van der Waals surface area (Å²) in [5.74, 6) is -0.0463. The van der Waals surface area contributed by atoms with Gasteiger partial charge in [0, 0.05) is 26.1 Å². The molecular weight excluding hydrogens is 259 g/mol. The molecule has 110 valence electrons.